The summed E-state index contributed by atoms with van der Waals surface area (Å²) < 4.78 is 0.770. The van der Waals surface area contributed by atoms with E-state index in [1.807, 2.05) is 19.0 Å². The van der Waals surface area contributed by atoms with E-state index in [2.05, 4.69) is 25.8 Å². The summed E-state index contributed by atoms with van der Waals surface area (Å²) in [5.74, 6) is 0.262. The molecule has 1 fully saturated rings. The van der Waals surface area contributed by atoms with Crippen LogP contribution in [0.15, 0.2) is 16.7 Å². The Balaban J connectivity index is 2.17. The van der Waals surface area contributed by atoms with Crippen LogP contribution in [0.1, 0.15) is 23.2 Å². The number of halogens is 1. The van der Waals surface area contributed by atoms with Crippen molar-refractivity contribution in [2.24, 2.45) is 0 Å². The van der Waals surface area contributed by atoms with Crippen LogP contribution in [0, 0.1) is 0 Å². The fourth-order valence-electron chi connectivity index (χ4n) is 2.35. The summed E-state index contributed by atoms with van der Waals surface area (Å²) in [6.45, 7) is 1.53. The normalized spacial score (nSPS) is 19.8. The molecule has 0 bridgehead atoms. The third kappa shape index (κ3) is 3.25. The van der Waals surface area contributed by atoms with E-state index in [0.717, 1.165) is 30.4 Å². The predicted molar refractivity (Wildman–Crippen MR) is 79.0 cm³/mol. The fraction of sp³-hybridized carbons (Fsp3) is 0.538. The van der Waals surface area contributed by atoms with Crippen LogP contribution in [0.25, 0.3) is 0 Å². The van der Waals surface area contributed by atoms with E-state index in [-0.39, 0.29) is 5.91 Å². The van der Waals surface area contributed by atoms with Gasteiger partial charge in [0.2, 0.25) is 0 Å². The van der Waals surface area contributed by atoms with Crippen LogP contribution >= 0.6 is 15.9 Å². The molecule has 2 rings (SSSR count). The first-order valence-electron chi connectivity index (χ1n) is 6.35. The zero-order valence-corrected chi connectivity index (χ0v) is 12.9. The Bertz CT molecular complexity index is 478. The Morgan fingerprint density at radius 3 is 3.00 bits per heavy atom. The lowest BCUT2D eigenvalue weighted by Crippen LogP contribution is -2.47. The number of anilines is 1. The highest BCUT2D eigenvalue weighted by Gasteiger charge is 2.26. The van der Waals surface area contributed by atoms with Crippen LogP contribution in [-0.2, 0) is 0 Å². The van der Waals surface area contributed by atoms with Crippen molar-refractivity contribution in [1.29, 1.82) is 0 Å². The molecule has 2 heterocycles. The SMILES string of the molecule is CN(C)C1CCCN(C(=O)c2cc(Br)cnc2N)C1. The first-order valence-corrected chi connectivity index (χ1v) is 7.15. The molecule has 1 aliphatic heterocycles. The number of piperidine rings is 1. The molecule has 1 aromatic heterocycles. The number of nitrogens with zero attached hydrogens (tertiary/aromatic N) is 3. The first-order chi connectivity index (χ1) is 8.99. The molecule has 1 saturated heterocycles. The number of nitrogens with two attached hydrogens (primary N) is 1. The standard InChI is InChI=1S/C13H19BrN4O/c1-17(2)10-4-3-5-18(8-10)13(19)11-6-9(14)7-16-12(11)15/h6-7,10H,3-5,8H2,1-2H3,(H2,15,16). The molecule has 5 nitrogen and oxygen atoms in total. The minimum atomic E-state index is -0.0298. The lowest BCUT2D eigenvalue weighted by Gasteiger charge is -2.36. The number of carbonyl (C=O) groups excluding carboxylic acids is 1. The number of likely N-dealkylation sites (N-methyl/N-ethyl adjacent to an activating group) is 1. The topological polar surface area (TPSA) is 62.5 Å². The van der Waals surface area contributed by atoms with Crippen molar-refractivity contribution in [3.63, 3.8) is 0 Å². The van der Waals surface area contributed by atoms with E-state index in [0.29, 0.717) is 17.4 Å². The average molecular weight is 327 g/mol. The molecule has 1 unspecified atom stereocenters. The summed E-state index contributed by atoms with van der Waals surface area (Å²) in [4.78, 5) is 20.6. The van der Waals surface area contributed by atoms with Crippen molar-refractivity contribution in [1.82, 2.24) is 14.8 Å². The van der Waals surface area contributed by atoms with Gasteiger partial charge in [0, 0.05) is 29.8 Å². The largest absolute Gasteiger partial charge is 0.383 e. The highest BCUT2D eigenvalue weighted by Crippen LogP contribution is 2.21. The van der Waals surface area contributed by atoms with Gasteiger partial charge in [-0.15, -0.1) is 0 Å². The molecule has 1 aliphatic rings. The number of carbonyl (C=O) groups is 1. The third-order valence-corrected chi connectivity index (χ3v) is 3.96. The fourth-order valence-corrected chi connectivity index (χ4v) is 2.68. The van der Waals surface area contributed by atoms with E-state index in [1.165, 1.54) is 0 Å². The second-order valence-electron chi connectivity index (χ2n) is 5.10. The molecular weight excluding hydrogens is 308 g/mol. The predicted octanol–water partition coefficient (Wildman–Crippen LogP) is 1.59. The van der Waals surface area contributed by atoms with Gasteiger partial charge in [-0.2, -0.15) is 0 Å². The summed E-state index contributed by atoms with van der Waals surface area (Å²) in [5.41, 5.74) is 6.28. The van der Waals surface area contributed by atoms with Crippen LogP contribution < -0.4 is 5.73 Å². The molecule has 1 atom stereocenters. The smallest absolute Gasteiger partial charge is 0.257 e. The minimum Gasteiger partial charge on any atom is -0.383 e. The zero-order chi connectivity index (χ0) is 14.0. The van der Waals surface area contributed by atoms with Gasteiger partial charge in [-0.05, 0) is 48.9 Å². The Morgan fingerprint density at radius 1 is 1.58 bits per heavy atom. The first kappa shape index (κ1) is 14.3. The Labute approximate surface area is 121 Å². The van der Waals surface area contributed by atoms with Gasteiger partial charge in [0.05, 0.1) is 5.56 Å². The molecular formula is C13H19BrN4O. The average Bonchev–Trinajstić information content (AvgIpc) is 2.41. The second kappa shape index (κ2) is 5.88. The van der Waals surface area contributed by atoms with E-state index in [1.54, 1.807) is 12.3 Å². The quantitative estimate of drug-likeness (QED) is 0.896. The van der Waals surface area contributed by atoms with Crippen molar-refractivity contribution in [2.45, 2.75) is 18.9 Å². The van der Waals surface area contributed by atoms with E-state index < -0.39 is 0 Å². The van der Waals surface area contributed by atoms with Crippen LogP contribution in [-0.4, -0.2) is 53.9 Å². The molecule has 0 radical (unpaired) electrons. The molecule has 1 aromatic rings. The van der Waals surface area contributed by atoms with Gasteiger partial charge in [0.1, 0.15) is 5.82 Å². The Morgan fingerprint density at radius 2 is 2.32 bits per heavy atom. The number of rotatable bonds is 2. The molecule has 0 saturated carbocycles. The number of nitrogen functional groups attached to an aromatic ring is 1. The summed E-state index contributed by atoms with van der Waals surface area (Å²) in [6.07, 6.45) is 3.75. The molecule has 19 heavy (non-hydrogen) atoms. The van der Waals surface area contributed by atoms with Crippen molar-refractivity contribution >= 4 is 27.7 Å². The third-order valence-electron chi connectivity index (χ3n) is 3.53. The second-order valence-corrected chi connectivity index (χ2v) is 6.01. The van der Waals surface area contributed by atoms with Crippen LogP contribution in [0.5, 0.6) is 0 Å². The van der Waals surface area contributed by atoms with Gasteiger partial charge in [0.15, 0.2) is 0 Å². The lowest BCUT2D eigenvalue weighted by atomic mass is 10.0. The molecule has 0 aliphatic carbocycles. The van der Waals surface area contributed by atoms with Crippen LogP contribution in [0.2, 0.25) is 0 Å². The summed E-state index contributed by atoms with van der Waals surface area (Å²) in [7, 11) is 4.10. The van der Waals surface area contributed by atoms with Gasteiger partial charge < -0.3 is 15.5 Å². The molecule has 104 valence electrons. The highest BCUT2D eigenvalue weighted by molar-refractivity contribution is 9.10. The highest BCUT2D eigenvalue weighted by atomic mass is 79.9. The molecule has 0 aromatic carbocycles. The molecule has 6 heteroatoms. The van der Waals surface area contributed by atoms with Crippen molar-refractivity contribution in [3.8, 4) is 0 Å². The number of aromatic nitrogens is 1. The number of hydrogen-bond donors (Lipinski definition) is 1. The van der Waals surface area contributed by atoms with Gasteiger partial charge in [0.25, 0.3) is 5.91 Å². The van der Waals surface area contributed by atoms with Crippen molar-refractivity contribution in [2.75, 3.05) is 32.9 Å². The Hall–Kier alpha value is -1.14. The van der Waals surface area contributed by atoms with E-state index in [4.69, 9.17) is 5.73 Å². The van der Waals surface area contributed by atoms with Gasteiger partial charge in [-0.3, -0.25) is 4.79 Å². The van der Waals surface area contributed by atoms with Crippen molar-refractivity contribution in [3.05, 3.63) is 22.3 Å². The monoisotopic (exact) mass is 326 g/mol. The summed E-state index contributed by atoms with van der Waals surface area (Å²) in [6, 6.07) is 2.16. The van der Waals surface area contributed by atoms with Crippen LogP contribution in [0.4, 0.5) is 5.82 Å². The van der Waals surface area contributed by atoms with Crippen molar-refractivity contribution < 1.29 is 4.79 Å². The van der Waals surface area contributed by atoms with Gasteiger partial charge in [-0.1, -0.05) is 0 Å². The van der Waals surface area contributed by atoms with Gasteiger partial charge in [-0.25, -0.2) is 4.98 Å². The van der Waals surface area contributed by atoms with Gasteiger partial charge >= 0.3 is 0 Å². The Kier molecular flexibility index (Phi) is 4.42. The number of hydrogen-bond acceptors (Lipinski definition) is 4. The summed E-state index contributed by atoms with van der Waals surface area (Å²) in [5, 5.41) is 0. The maximum Gasteiger partial charge on any atom is 0.257 e. The molecule has 1 amide bonds. The maximum atomic E-state index is 12.5. The molecule has 2 N–H and O–H groups in total. The maximum absolute atomic E-state index is 12.5. The number of likely N-dealkylation sites (tertiary alicyclic amines) is 1. The minimum absolute atomic E-state index is 0.0298. The van der Waals surface area contributed by atoms with Crippen LogP contribution in [0.3, 0.4) is 0 Å². The van der Waals surface area contributed by atoms with E-state index >= 15 is 0 Å². The summed E-state index contributed by atoms with van der Waals surface area (Å²) >= 11 is 3.33. The molecule has 0 spiro atoms. The lowest BCUT2D eigenvalue weighted by molar-refractivity contribution is 0.0636. The number of pyridine rings is 1. The van der Waals surface area contributed by atoms with E-state index in [9.17, 15) is 4.79 Å². The zero-order valence-electron chi connectivity index (χ0n) is 11.3. The number of amides is 1.